The maximum Gasteiger partial charge on any atom is 0.130 e. The molecule has 1 unspecified atom stereocenters. The Kier molecular flexibility index (Phi) is 6.45. The van der Waals surface area contributed by atoms with Crippen LogP contribution in [0, 0.1) is 17.2 Å². The molecule has 1 aliphatic rings. The first-order valence-corrected chi connectivity index (χ1v) is 6.07. The second-order valence-corrected chi connectivity index (χ2v) is 4.44. The number of hydrogen-bond donors (Lipinski definition) is 1. The lowest BCUT2D eigenvalue weighted by molar-refractivity contribution is 0.0436. The fourth-order valence-corrected chi connectivity index (χ4v) is 1.59. The molecule has 0 heterocycles. The SMILES string of the molecule is COCCOCCCOCC(N)(C#N)C1CC1. The van der Waals surface area contributed by atoms with Crippen LogP contribution >= 0.6 is 0 Å². The normalized spacial score (nSPS) is 18.6. The lowest BCUT2D eigenvalue weighted by atomic mass is 9.98. The zero-order valence-corrected chi connectivity index (χ0v) is 10.5. The van der Waals surface area contributed by atoms with Crippen LogP contribution in [0.3, 0.4) is 0 Å². The molecular formula is C12H22N2O3. The Bertz CT molecular complexity index is 251. The minimum Gasteiger partial charge on any atom is -0.382 e. The third-order valence-electron chi connectivity index (χ3n) is 2.86. The van der Waals surface area contributed by atoms with Crippen LogP contribution in [0.1, 0.15) is 19.3 Å². The van der Waals surface area contributed by atoms with E-state index in [0.717, 1.165) is 19.3 Å². The van der Waals surface area contributed by atoms with Crippen LogP contribution in [0.5, 0.6) is 0 Å². The molecule has 0 radical (unpaired) electrons. The molecule has 0 aliphatic heterocycles. The van der Waals surface area contributed by atoms with Crippen molar-refractivity contribution in [3.8, 4) is 6.07 Å². The van der Waals surface area contributed by atoms with E-state index in [2.05, 4.69) is 6.07 Å². The van der Waals surface area contributed by atoms with E-state index >= 15 is 0 Å². The van der Waals surface area contributed by atoms with Crippen molar-refractivity contribution >= 4 is 0 Å². The Morgan fingerprint density at radius 1 is 1.24 bits per heavy atom. The van der Waals surface area contributed by atoms with Crippen molar-refractivity contribution in [1.29, 1.82) is 5.26 Å². The minimum absolute atomic E-state index is 0.324. The van der Waals surface area contributed by atoms with Gasteiger partial charge >= 0.3 is 0 Å². The average molecular weight is 242 g/mol. The van der Waals surface area contributed by atoms with E-state index in [4.69, 9.17) is 25.2 Å². The molecule has 98 valence electrons. The van der Waals surface area contributed by atoms with Gasteiger partial charge in [0.05, 0.1) is 25.9 Å². The molecule has 0 aromatic carbocycles. The summed E-state index contributed by atoms with van der Waals surface area (Å²) in [6, 6.07) is 2.16. The number of methoxy groups -OCH3 is 1. The maximum absolute atomic E-state index is 9.00. The minimum atomic E-state index is -0.781. The molecule has 1 fully saturated rings. The molecule has 0 spiro atoms. The highest BCUT2D eigenvalue weighted by Crippen LogP contribution is 2.38. The standard InChI is InChI=1S/C12H22N2O3/c1-15-7-8-16-5-2-6-17-10-12(14,9-13)11-3-4-11/h11H,2-8,10,14H2,1H3. The van der Waals surface area contributed by atoms with Crippen LogP contribution in [-0.4, -0.2) is 45.7 Å². The van der Waals surface area contributed by atoms with Crippen molar-refractivity contribution in [1.82, 2.24) is 0 Å². The van der Waals surface area contributed by atoms with Crippen molar-refractivity contribution < 1.29 is 14.2 Å². The molecule has 1 atom stereocenters. The van der Waals surface area contributed by atoms with Crippen molar-refractivity contribution in [2.45, 2.75) is 24.8 Å². The van der Waals surface area contributed by atoms with E-state index in [1.807, 2.05) is 0 Å². The van der Waals surface area contributed by atoms with Gasteiger partial charge in [-0.05, 0) is 25.2 Å². The molecule has 1 rings (SSSR count). The Morgan fingerprint density at radius 3 is 2.53 bits per heavy atom. The third kappa shape index (κ3) is 5.46. The predicted molar refractivity (Wildman–Crippen MR) is 63.4 cm³/mol. The van der Waals surface area contributed by atoms with Crippen LogP contribution in [0.15, 0.2) is 0 Å². The summed E-state index contributed by atoms with van der Waals surface area (Å²) >= 11 is 0. The van der Waals surface area contributed by atoms with E-state index in [1.165, 1.54) is 0 Å². The Labute approximate surface area is 103 Å². The van der Waals surface area contributed by atoms with Gasteiger partial charge < -0.3 is 19.9 Å². The van der Waals surface area contributed by atoms with Gasteiger partial charge in [0.2, 0.25) is 0 Å². The number of nitrogens with two attached hydrogens (primary N) is 1. The van der Waals surface area contributed by atoms with E-state index in [9.17, 15) is 0 Å². The van der Waals surface area contributed by atoms with Gasteiger partial charge in [0.25, 0.3) is 0 Å². The molecule has 0 aromatic rings. The summed E-state index contributed by atoms with van der Waals surface area (Å²) in [4.78, 5) is 0. The van der Waals surface area contributed by atoms with Gasteiger partial charge in [-0.25, -0.2) is 0 Å². The summed E-state index contributed by atoms with van der Waals surface area (Å²) in [5, 5.41) is 9.00. The second kappa shape index (κ2) is 7.62. The van der Waals surface area contributed by atoms with E-state index in [1.54, 1.807) is 7.11 Å². The smallest absolute Gasteiger partial charge is 0.130 e. The van der Waals surface area contributed by atoms with Crippen LogP contribution in [0.2, 0.25) is 0 Å². The fraction of sp³-hybridized carbons (Fsp3) is 0.917. The predicted octanol–water partition coefficient (Wildman–Crippen LogP) is 0.687. The van der Waals surface area contributed by atoms with Crippen LogP contribution in [-0.2, 0) is 14.2 Å². The van der Waals surface area contributed by atoms with Crippen molar-refractivity contribution in [2.24, 2.45) is 11.7 Å². The number of ether oxygens (including phenoxy) is 3. The van der Waals surface area contributed by atoms with Gasteiger partial charge in [0, 0.05) is 20.3 Å². The molecule has 5 heteroatoms. The highest BCUT2D eigenvalue weighted by molar-refractivity contribution is 5.13. The molecule has 1 saturated carbocycles. The second-order valence-electron chi connectivity index (χ2n) is 4.44. The van der Waals surface area contributed by atoms with Gasteiger partial charge in [-0.3, -0.25) is 0 Å². The summed E-state index contributed by atoms with van der Waals surface area (Å²) in [6.45, 7) is 2.78. The first-order valence-electron chi connectivity index (χ1n) is 6.07. The molecule has 17 heavy (non-hydrogen) atoms. The van der Waals surface area contributed by atoms with Crippen molar-refractivity contribution in [2.75, 3.05) is 40.1 Å². The molecule has 0 aromatic heterocycles. The molecule has 1 aliphatic carbocycles. The zero-order valence-electron chi connectivity index (χ0n) is 10.5. The largest absolute Gasteiger partial charge is 0.382 e. The molecular weight excluding hydrogens is 220 g/mol. The van der Waals surface area contributed by atoms with Crippen molar-refractivity contribution in [3.05, 3.63) is 0 Å². The third-order valence-corrected chi connectivity index (χ3v) is 2.86. The number of rotatable bonds is 10. The lowest BCUT2D eigenvalue weighted by Gasteiger charge is -2.20. The maximum atomic E-state index is 9.00. The highest BCUT2D eigenvalue weighted by Gasteiger charge is 2.42. The Balaban J connectivity index is 1.95. The van der Waals surface area contributed by atoms with Crippen LogP contribution < -0.4 is 5.73 Å². The van der Waals surface area contributed by atoms with Crippen LogP contribution in [0.25, 0.3) is 0 Å². The Morgan fingerprint density at radius 2 is 1.94 bits per heavy atom. The summed E-state index contributed by atoms with van der Waals surface area (Å²) in [7, 11) is 1.65. The first kappa shape index (κ1) is 14.4. The molecule has 2 N–H and O–H groups in total. The summed E-state index contributed by atoms with van der Waals surface area (Å²) in [6.07, 6.45) is 2.91. The Hall–Kier alpha value is -0.670. The zero-order chi connectivity index (χ0) is 12.6. The average Bonchev–Trinajstić information content (AvgIpc) is 3.16. The van der Waals surface area contributed by atoms with Gasteiger partial charge in [0.15, 0.2) is 0 Å². The number of nitrogens with zero attached hydrogens (tertiary/aromatic N) is 1. The molecule has 0 amide bonds. The van der Waals surface area contributed by atoms with Gasteiger partial charge in [0.1, 0.15) is 5.54 Å². The van der Waals surface area contributed by atoms with E-state index < -0.39 is 5.54 Å². The highest BCUT2D eigenvalue weighted by atomic mass is 16.5. The number of nitriles is 1. The van der Waals surface area contributed by atoms with E-state index in [0.29, 0.717) is 39.0 Å². The van der Waals surface area contributed by atoms with Crippen molar-refractivity contribution in [3.63, 3.8) is 0 Å². The number of hydrogen-bond acceptors (Lipinski definition) is 5. The van der Waals surface area contributed by atoms with Crippen LogP contribution in [0.4, 0.5) is 0 Å². The lowest BCUT2D eigenvalue weighted by Crippen LogP contribution is -2.45. The summed E-state index contributed by atoms with van der Waals surface area (Å²) in [5.74, 6) is 0.324. The van der Waals surface area contributed by atoms with E-state index in [-0.39, 0.29) is 0 Å². The van der Waals surface area contributed by atoms with Gasteiger partial charge in [-0.2, -0.15) is 5.26 Å². The molecule has 5 nitrogen and oxygen atoms in total. The topological polar surface area (TPSA) is 77.5 Å². The summed E-state index contributed by atoms with van der Waals surface area (Å²) < 4.78 is 15.6. The van der Waals surface area contributed by atoms with Gasteiger partial charge in [-0.1, -0.05) is 0 Å². The fourth-order valence-electron chi connectivity index (χ4n) is 1.59. The first-order chi connectivity index (χ1) is 8.23. The summed E-state index contributed by atoms with van der Waals surface area (Å²) in [5.41, 5.74) is 5.17. The monoisotopic (exact) mass is 242 g/mol. The van der Waals surface area contributed by atoms with Gasteiger partial charge in [-0.15, -0.1) is 0 Å². The molecule has 0 bridgehead atoms. The quantitative estimate of drug-likeness (QED) is 0.570. The molecule has 0 saturated heterocycles.